The van der Waals surface area contributed by atoms with Crippen LogP contribution in [0.3, 0.4) is 0 Å². The van der Waals surface area contributed by atoms with Crippen molar-refractivity contribution in [3.8, 4) is 0 Å². The molecule has 60 valence electrons. The number of nitrogens with zero attached hydrogens (tertiary/aromatic N) is 1. The SMILES string of the molecule is Fc1ccc2c(F)ccnc2c1. The maximum Gasteiger partial charge on any atom is 0.134 e. The molecule has 0 saturated heterocycles. The van der Waals surface area contributed by atoms with Crippen LogP contribution >= 0.6 is 0 Å². The van der Waals surface area contributed by atoms with Gasteiger partial charge < -0.3 is 0 Å². The summed E-state index contributed by atoms with van der Waals surface area (Å²) in [4.78, 5) is 3.82. The molecule has 0 radical (unpaired) electrons. The molecule has 0 amide bonds. The van der Waals surface area contributed by atoms with E-state index < -0.39 is 5.82 Å². The minimum atomic E-state index is -0.402. The molecule has 0 spiro atoms. The predicted molar refractivity (Wildman–Crippen MR) is 41.7 cm³/mol. The van der Waals surface area contributed by atoms with Crippen molar-refractivity contribution in [1.82, 2.24) is 4.98 Å². The van der Waals surface area contributed by atoms with Crippen molar-refractivity contribution in [3.63, 3.8) is 0 Å². The molecule has 0 unspecified atom stereocenters. The summed E-state index contributed by atoms with van der Waals surface area (Å²) < 4.78 is 25.6. The van der Waals surface area contributed by atoms with Crippen LogP contribution < -0.4 is 0 Å². The molecule has 2 rings (SSSR count). The number of rotatable bonds is 0. The summed E-state index contributed by atoms with van der Waals surface area (Å²) in [5.41, 5.74) is 0.343. The highest BCUT2D eigenvalue weighted by Gasteiger charge is 2.00. The molecule has 3 heteroatoms. The Morgan fingerprint density at radius 1 is 1.08 bits per heavy atom. The zero-order valence-electron chi connectivity index (χ0n) is 6.09. The molecule has 1 heterocycles. The Bertz CT molecular complexity index is 426. The molecule has 0 aliphatic rings. The Balaban J connectivity index is 2.86. The third kappa shape index (κ3) is 1.03. The van der Waals surface area contributed by atoms with Crippen LogP contribution in [0.4, 0.5) is 8.78 Å². The van der Waals surface area contributed by atoms with Crippen LogP contribution in [0.1, 0.15) is 0 Å². The van der Waals surface area contributed by atoms with Gasteiger partial charge in [-0.3, -0.25) is 4.98 Å². The van der Waals surface area contributed by atoms with Crippen LogP contribution in [-0.4, -0.2) is 4.98 Å². The molecule has 1 nitrogen and oxygen atoms in total. The highest BCUT2D eigenvalue weighted by atomic mass is 19.1. The van der Waals surface area contributed by atoms with Gasteiger partial charge in [-0.05, 0) is 18.2 Å². The first-order chi connectivity index (χ1) is 5.77. The molecule has 12 heavy (non-hydrogen) atoms. The third-order valence-electron chi connectivity index (χ3n) is 1.65. The van der Waals surface area contributed by atoms with Gasteiger partial charge >= 0.3 is 0 Å². The van der Waals surface area contributed by atoms with E-state index in [1.807, 2.05) is 0 Å². The summed E-state index contributed by atoms with van der Waals surface area (Å²) in [7, 11) is 0. The summed E-state index contributed by atoms with van der Waals surface area (Å²) >= 11 is 0. The van der Waals surface area contributed by atoms with Crippen molar-refractivity contribution in [2.45, 2.75) is 0 Å². The van der Waals surface area contributed by atoms with Crippen LogP contribution in [0.25, 0.3) is 10.9 Å². The fourth-order valence-corrected chi connectivity index (χ4v) is 1.09. The second-order valence-corrected chi connectivity index (χ2v) is 2.45. The Morgan fingerprint density at radius 3 is 2.75 bits per heavy atom. The Hall–Kier alpha value is -1.51. The zero-order chi connectivity index (χ0) is 8.55. The highest BCUT2D eigenvalue weighted by molar-refractivity contribution is 5.78. The Morgan fingerprint density at radius 2 is 1.92 bits per heavy atom. The second-order valence-electron chi connectivity index (χ2n) is 2.45. The summed E-state index contributed by atoms with van der Waals surface area (Å²) in [6.07, 6.45) is 1.32. The number of fused-ring (bicyclic) bond motifs is 1. The van der Waals surface area contributed by atoms with E-state index in [0.717, 1.165) is 0 Å². The molecule has 0 atom stereocenters. The van der Waals surface area contributed by atoms with Gasteiger partial charge in [0.15, 0.2) is 0 Å². The fourth-order valence-electron chi connectivity index (χ4n) is 1.09. The van der Waals surface area contributed by atoms with Crippen LogP contribution in [0.5, 0.6) is 0 Å². The number of benzene rings is 1. The van der Waals surface area contributed by atoms with Crippen molar-refractivity contribution >= 4 is 10.9 Å². The second kappa shape index (κ2) is 2.52. The Labute approximate surface area is 67.7 Å². The van der Waals surface area contributed by atoms with Gasteiger partial charge in [0.05, 0.1) is 5.52 Å². The molecule has 1 aromatic carbocycles. The molecule has 0 aliphatic carbocycles. The molecule has 2 aromatic rings. The molecular formula is C9H5F2N. The van der Waals surface area contributed by atoms with Crippen molar-refractivity contribution in [3.05, 3.63) is 42.1 Å². The number of aromatic nitrogens is 1. The van der Waals surface area contributed by atoms with Crippen molar-refractivity contribution in [2.24, 2.45) is 0 Å². The largest absolute Gasteiger partial charge is 0.256 e. The van der Waals surface area contributed by atoms with Gasteiger partial charge in [0.2, 0.25) is 0 Å². The van der Waals surface area contributed by atoms with Gasteiger partial charge in [0.1, 0.15) is 11.6 Å². The standard InChI is InChI=1S/C9H5F2N/c10-6-1-2-7-8(11)3-4-12-9(7)5-6/h1-5H. The van der Waals surface area contributed by atoms with Crippen LogP contribution in [0, 0.1) is 11.6 Å². The molecule has 0 saturated carbocycles. The van der Waals surface area contributed by atoms with Gasteiger partial charge in [-0.15, -0.1) is 0 Å². The van der Waals surface area contributed by atoms with Gasteiger partial charge in [-0.25, -0.2) is 8.78 Å². The van der Waals surface area contributed by atoms with E-state index in [4.69, 9.17) is 0 Å². The van der Waals surface area contributed by atoms with E-state index in [9.17, 15) is 8.78 Å². The van der Waals surface area contributed by atoms with Crippen molar-refractivity contribution in [1.29, 1.82) is 0 Å². The molecule has 0 aliphatic heterocycles. The summed E-state index contributed by atoms with van der Waals surface area (Å²) in [6.45, 7) is 0. The Kier molecular flexibility index (Phi) is 1.50. The van der Waals surface area contributed by atoms with Gasteiger partial charge in [-0.2, -0.15) is 0 Å². The van der Waals surface area contributed by atoms with E-state index in [0.29, 0.717) is 10.9 Å². The topological polar surface area (TPSA) is 12.9 Å². The first-order valence-electron chi connectivity index (χ1n) is 3.47. The summed E-state index contributed by atoms with van der Waals surface area (Å²) in [5.74, 6) is -0.777. The van der Waals surface area contributed by atoms with Crippen molar-refractivity contribution in [2.75, 3.05) is 0 Å². The number of hydrogen-bond donors (Lipinski definition) is 0. The zero-order valence-corrected chi connectivity index (χ0v) is 6.09. The van der Waals surface area contributed by atoms with Gasteiger partial charge in [0, 0.05) is 17.6 Å². The number of hydrogen-bond acceptors (Lipinski definition) is 1. The molecule has 0 fully saturated rings. The minimum absolute atomic E-state index is 0.343. The molecule has 0 bridgehead atoms. The molecule has 1 aromatic heterocycles. The van der Waals surface area contributed by atoms with Gasteiger partial charge in [0.25, 0.3) is 0 Å². The maximum absolute atomic E-state index is 13.0. The third-order valence-corrected chi connectivity index (χ3v) is 1.65. The average Bonchev–Trinajstić information content (AvgIpc) is 2.04. The van der Waals surface area contributed by atoms with Crippen molar-refractivity contribution < 1.29 is 8.78 Å². The highest BCUT2D eigenvalue weighted by Crippen LogP contribution is 2.15. The number of halogens is 2. The molecule has 0 N–H and O–H groups in total. The van der Waals surface area contributed by atoms with E-state index in [2.05, 4.69) is 4.98 Å². The minimum Gasteiger partial charge on any atom is -0.256 e. The monoisotopic (exact) mass is 165 g/mol. The van der Waals surface area contributed by atoms with Crippen LogP contribution in [0.2, 0.25) is 0 Å². The lowest BCUT2D eigenvalue weighted by Gasteiger charge is -1.96. The van der Waals surface area contributed by atoms with E-state index in [1.165, 1.54) is 30.5 Å². The lowest BCUT2D eigenvalue weighted by Crippen LogP contribution is -1.83. The van der Waals surface area contributed by atoms with E-state index >= 15 is 0 Å². The summed E-state index contributed by atoms with van der Waals surface area (Å²) in [6, 6.07) is 5.05. The first-order valence-corrected chi connectivity index (χ1v) is 3.47. The first kappa shape index (κ1) is 7.16. The van der Waals surface area contributed by atoms with Crippen LogP contribution in [-0.2, 0) is 0 Å². The number of pyridine rings is 1. The quantitative estimate of drug-likeness (QED) is 0.584. The predicted octanol–water partition coefficient (Wildman–Crippen LogP) is 2.51. The fraction of sp³-hybridized carbons (Fsp3) is 0. The van der Waals surface area contributed by atoms with Gasteiger partial charge in [-0.1, -0.05) is 0 Å². The smallest absolute Gasteiger partial charge is 0.134 e. The van der Waals surface area contributed by atoms with Crippen LogP contribution in [0.15, 0.2) is 30.5 Å². The molecular weight excluding hydrogens is 160 g/mol. The lowest BCUT2D eigenvalue weighted by atomic mass is 10.2. The van der Waals surface area contributed by atoms with E-state index in [1.54, 1.807) is 0 Å². The normalized spacial score (nSPS) is 10.5. The maximum atomic E-state index is 13.0. The van der Waals surface area contributed by atoms with E-state index in [-0.39, 0.29) is 5.82 Å². The average molecular weight is 165 g/mol. The lowest BCUT2D eigenvalue weighted by molar-refractivity contribution is 0.625. The summed E-state index contributed by atoms with van der Waals surface area (Å²) in [5, 5.41) is 0.346.